The fraction of sp³-hybridized carbons (Fsp3) is 0. The number of aromatic nitrogens is 4. The summed E-state index contributed by atoms with van der Waals surface area (Å²) in [7, 11) is 0. The zero-order valence-electron chi connectivity index (χ0n) is 6.38. The first-order valence-corrected chi connectivity index (χ1v) is 3.34. The number of aromatic amines is 1. The van der Waals surface area contributed by atoms with Crippen molar-refractivity contribution in [3.05, 3.63) is 37.2 Å². The van der Waals surface area contributed by atoms with Gasteiger partial charge in [0.15, 0.2) is 0 Å². The van der Waals surface area contributed by atoms with Crippen molar-refractivity contribution < 1.29 is 0 Å². The Morgan fingerprint density at radius 2 is 2.00 bits per heavy atom. The summed E-state index contributed by atoms with van der Waals surface area (Å²) in [5.74, 6) is 0. The molecule has 2 rings (SSSR count). The lowest BCUT2D eigenvalue weighted by atomic mass is 10.6. The van der Waals surface area contributed by atoms with Crippen LogP contribution in [0.5, 0.6) is 0 Å². The lowest BCUT2D eigenvalue weighted by Crippen LogP contribution is -1.75. The van der Waals surface area contributed by atoms with Crippen LogP contribution >= 0.6 is 0 Å². The highest BCUT2D eigenvalue weighted by atomic mass is 15.1. The van der Waals surface area contributed by atoms with E-state index in [-0.39, 0.29) is 0 Å². The van der Waals surface area contributed by atoms with Gasteiger partial charge in [0, 0.05) is 18.6 Å². The molecule has 0 unspecified atom stereocenters. The maximum atomic E-state index is 5.18. The molecule has 0 saturated carbocycles. The molecule has 0 saturated heterocycles. The first-order chi connectivity index (χ1) is 5.89. The van der Waals surface area contributed by atoms with Crippen molar-refractivity contribution >= 4 is 5.69 Å². The lowest BCUT2D eigenvalue weighted by Gasteiger charge is -1.70. The number of nitrogen functional groups attached to an aromatic ring is 1. The number of nitrogens with one attached hydrogen (secondary N) is 1. The van der Waals surface area contributed by atoms with Crippen molar-refractivity contribution in [3.8, 4) is 0 Å². The predicted molar refractivity (Wildman–Crippen MR) is 45.0 cm³/mol. The summed E-state index contributed by atoms with van der Waals surface area (Å²) < 4.78 is 0. The lowest BCUT2D eigenvalue weighted by molar-refractivity contribution is 1.09. The van der Waals surface area contributed by atoms with Crippen molar-refractivity contribution in [1.82, 2.24) is 20.2 Å². The Balaban J connectivity index is 0.000000120. The van der Waals surface area contributed by atoms with Crippen LogP contribution in [0.3, 0.4) is 0 Å². The summed E-state index contributed by atoms with van der Waals surface area (Å²) in [6, 6.07) is 1.78. The first-order valence-electron chi connectivity index (χ1n) is 3.34. The Kier molecular flexibility index (Phi) is 3.30. The van der Waals surface area contributed by atoms with Crippen LogP contribution in [0.2, 0.25) is 0 Å². The second-order valence-electron chi connectivity index (χ2n) is 1.94. The third kappa shape index (κ3) is 3.31. The van der Waals surface area contributed by atoms with Gasteiger partial charge in [0.2, 0.25) is 0 Å². The number of hydrogen-bond acceptors (Lipinski definition) is 4. The molecule has 12 heavy (non-hydrogen) atoms. The van der Waals surface area contributed by atoms with Crippen molar-refractivity contribution in [2.24, 2.45) is 0 Å². The monoisotopic (exact) mass is 163 g/mol. The molecule has 0 aromatic carbocycles. The highest BCUT2D eigenvalue weighted by Crippen LogP contribution is 1.88. The van der Waals surface area contributed by atoms with Gasteiger partial charge in [-0.25, -0.2) is 9.97 Å². The van der Waals surface area contributed by atoms with E-state index in [1.54, 1.807) is 30.9 Å². The fourth-order valence-corrected chi connectivity index (χ4v) is 0.514. The molecule has 0 aliphatic rings. The molecule has 0 bridgehead atoms. The molecule has 5 heteroatoms. The van der Waals surface area contributed by atoms with Crippen LogP contribution in [0.1, 0.15) is 0 Å². The SMILES string of the molecule is Nc1cn[nH]c1.c1cncnc1. The van der Waals surface area contributed by atoms with E-state index in [9.17, 15) is 0 Å². The van der Waals surface area contributed by atoms with Gasteiger partial charge in [-0.1, -0.05) is 0 Å². The Hall–Kier alpha value is -1.91. The molecule has 0 amide bonds. The minimum atomic E-state index is 0.676. The largest absolute Gasteiger partial charge is 0.396 e. The smallest absolute Gasteiger partial charge is 0.115 e. The molecule has 0 atom stereocenters. The summed E-state index contributed by atoms with van der Waals surface area (Å²) in [6.45, 7) is 0. The molecule has 0 aliphatic heterocycles. The van der Waals surface area contributed by atoms with Crippen LogP contribution in [0.15, 0.2) is 37.2 Å². The van der Waals surface area contributed by atoms with Crippen LogP contribution in [-0.2, 0) is 0 Å². The van der Waals surface area contributed by atoms with Crippen LogP contribution in [0, 0.1) is 0 Å². The highest BCUT2D eigenvalue weighted by Gasteiger charge is 1.74. The molecular weight excluding hydrogens is 154 g/mol. The summed E-state index contributed by atoms with van der Waals surface area (Å²) in [5, 5.41) is 6.13. The van der Waals surface area contributed by atoms with Gasteiger partial charge in [0.25, 0.3) is 0 Å². The minimum absolute atomic E-state index is 0.676. The van der Waals surface area contributed by atoms with Gasteiger partial charge in [-0.05, 0) is 6.07 Å². The van der Waals surface area contributed by atoms with Gasteiger partial charge < -0.3 is 5.73 Å². The molecule has 3 N–H and O–H groups in total. The fourth-order valence-electron chi connectivity index (χ4n) is 0.514. The Morgan fingerprint density at radius 1 is 1.25 bits per heavy atom. The summed E-state index contributed by atoms with van der Waals surface area (Å²) in [6.07, 6.45) is 8.06. The molecule has 5 nitrogen and oxygen atoms in total. The minimum Gasteiger partial charge on any atom is -0.396 e. The van der Waals surface area contributed by atoms with Gasteiger partial charge >= 0.3 is 0 Å². The number of H-pyrrole nitrogens is 1. The van der Waals surface area contributed by atoms with Crippen molar-refractivity contribution in [2.75, 3.05) is 5.73 Å². The number of nitrogens with two attached hydrogens (primary N) is 1. The van der Waals surface area contributed by atoms with E-state index in [0.29, 0.717) is 5.69 Å². The zero-order valence-corrected chi connectivity index (χ0v) is 6.38. The Bertz CT molecular complexity index is 251. The third-order valence-corrected chi connectivity index (χ3v) is 0.997. The Morgan fingerprint density at radius 3 is 2.17 bits per heavy atom. The number of nitrogens with zero attached hydrogens (tertiary/aromatic N) is 3. The summed E-state index contributed by atoms with van der Waals surface area (Å²) >= 11 is 0. The molecular formula is C7H9N5. The van der Waals surface area contributed by atoms with E-state index >= 15 is 0 Å². The molecule has 0 radical (unpaired) electrons. The van der Waals surface area contributed by atoms with Crippen molar-refractivity contribution in [3.63, 3.8) is 0 Å². The maximum Gasteiger partial charge on any atom is 0.115 e. The number of anilines is 1. The molecule has 0 spiro atoms. The van der Waals surface area contributed by atoms with Gasteiger partial charge in [-0.3, -0.25) is 5.10 Å². The van der Waals surface area contributed by atoms with Crippen LogP contribution < -0.4 is 5.73 Å². The molecule has 2 aromatic rings. The van der Waals surface area contributed by atoms with Crippen molar-refractivity contribution in [2.45, 2.75) is 0 Å². The molecule has 0 aliphatic carbocycles. The zero-order chi connectivity index (χ0) is 8.65. The van der Waals surface area contributed by atoms with E-state index < -0.39 is 0 Å². The average molecular weight is 163 g/mol. The van der Waals surface area contributed by atoms with E-state index in [1.807, 2.05) is 0 Å². The summed E-state index contributed by atoms with van der Waals surface area (Å²) in [5.41, 5.74) is 5.86. The maximum absolute atomic E-state index is 5.18. The Labute approximate surface area is 69.7 Å². The molecule has 62 valence electrons. The highest BCUT2D eigenvalue weighted by molar-refractivity contribution is 5.29. The summed E-state index contributed by atoms with van der Waals surface area (Å²) in [4.78, 5) is 7.35. The first kappa shape index (κ1) is 8.19. The predicted octanol–water partition coefficient (Wildman–Crippen LogP) is 0.469. The third-order valence-electron chi connectivity index (χ3n) is 0.997. The van der Waals surface area contributed by atoms with Gasteiger partial charge in [-0.2, -0.15) is 5.10 Å². The quantitative estimate of drug-likeness (QED) is 0.591. The van der Waals surface area contributed by atoms with Gasteiger partial charge in [-0.15, -0.1) is 0 Å². The molecule has 0 fully saturated rings. The topological polar surface area (TPSA) is 80.5 Å². The van der Waals surface area contributed by atoms with E-state index in [2.05, 4.69) is 20.2 Å². The van der Waals surface area contributed by atoms with Gasteiger partial charge in [0.05, 0.1) is 11.9 Å². The second kappa shape index (κ2) is 4.84. The number of rotatable bonds is 0. The molecule has 2 heterocycles. The van der Waals surface area contributed by atoms with Crippen LogP contribution in [0.4, 0.5) is 5.69 Å². The average Bonchev–Trinajstić information content (AvgIpc) is 2.60. The van der Waals surface area contributed by atoms with E-state index in [4.69, 9.17) is 5.73 Å². The standard InChI is InChI=1S/C4H4N2.C3H5N3/c1-2-5-4-6-3-1;4-3-1-5-6-2-3/h1-4H;1-2H,4H2,(H,5,6). The number of hydrogen-bond donors (Lipinski definition) is 2. The normalized spacial score (nSPS) is 8.33. The van der Waals surface area contributed by atoms with Crippen molar-refractivity contribution in [1.29, 1.82) is 0 Å². The van der Waals surface area contributed by atoms with E-state index in [0.717, 1.165) is 0 Å². The second-order valence-corrected chi connectivity index (χ2v) is 1.94. The molecule has 2 aromatic heterocycles. The van der Waals surface area contributed by atoms with Gasteiger partial charge in [0.1, 0.15) is 6.33 Å². The van der Waals surface area contributed by atoms with Crippen LogP contribution in [-0.4, -0.2) is 20.2 Å². The van der Waals surface area contributed by atoms with E-state index in [1.165, 1.54) is 6.33 Å². The van der Waals surface area contributed by atoms with Crippen LogP contribution in [0.25, 0.3) is 0 Å².